The van der Waals surface area contributed by atoms with Crippen LogP contribution in [-0.4, -0.2) is 41.1 Å². The van der Waals surface area contributed by atoms with E-state index in [1.54, 1.807) is 26.1 Å². The van der Waals surface area contributed by atoms with E-state index in [-0.39, 0.29) is 10.8 Å². The number of aromatic nitrogens is 4. The number of nitrogens with one attached hydrogen (secondary N) is 2. The molecule has 2 N–H and O–H groups in total. The number of aryl methyl sites for hydroxylation is 1. The molecule has 2 aromatic carbocycles. The largest absolute Gasteiger partial charge is 0.325 e. The number of sulfonamides is 1. The fourth-order valence-corrected chi connectivity index (χ4v) is 4.51. The SMILES string of the molecule is CCNS(=O)(=O)c1ccc(NC(=O)[C@@H](Sc2nnnn2C)c2ccccc2)cc1. The van der Waals surface area contributed by atoms with Gasteiger partial charge in [-0.2, -0.15) is 0 Å². The summed E-state index contributed by atoms with van der Waals surface area (Å²) in [5, 5.41) is 14.1. The highest BCUT2D eigenvalue weighted by atomic mass is 32.2. The number of hydrogen-bond acceptors (Lipinski definition) is 7. The van der Waals surface area contributed by atoms with Gasteiger partial charge in [-0.15, -0.1) is 5.10 Å². The second-order valence-electron chi connectivity index (χ2n) is 6.01. The highest BCUT2D eigenvalue weighted by Crippen LogP contribution is 2.34. The van der Waals surface area contributed by atoms with E-state index in [1.165, 1.54) is 28.6 Å². The lowest BCUT2D eigenvalue weighted by molar-refractivity contribution is -0.115. The van der Waals surface area contributed by atoms with E-state index in [9.17, 15) is 13.2 Å². The zero-order chi connectivity index (χ0) is 20.9. The van der Waals surface area contributed by atoms with Gasteiger partial charge in [-0.3, -0.25) is 4.79 Å². The van der Waals surface area contributed by atoms with Gasteiger partial charge in [0.05, 0.1) is 4.90 Å². The van der Waals surface area contributed by atoms with Crippen LogP contribution >= 0.6 is 11.8 Å². The molecule has 0 fully saturated rings. The van der Waals surface area contributed by atoms with Crippen molar-refractivity contribution in [1.29, 1.82) is 0 Å². The molecule has 1 aromatic heterocycles. The molecular weight excluding hydrogens is 412 g/mol. The average Bonchev–Trinajstić information content (AvgIpc) is 3.11. The van der Waals surface area contributed by atoms with Gasteiger partial charge < -0.3 is 5.32 Å². The van der Waals surface area contributed by atoms with E-state index >= 15 is 0 Å². The first-order valence-electron chi connectivity index (χ1n) is 8.75. The molecule has 9 nitrogen and oxygen atoms in total. The van der Waals surface area contributed by atoms with Crippen LogP contribution in [0.1, 0.15) is 17.7 Å². The minimum Gasteiger partial charge on any atom is -0.325 e. The first-order valence-corrected chi connectivity index (χ1v) is 11.1. The molecular formula is C18H20N6O3S2. The van der Waals surface area contributed by atoms with Crippen molar-refractivity contribution in [3.05, 3.63) is 60.2 Å². The summed E-state index contributed by atoms with van der Waals surface area (Å²) in [6, 6.07) is 15.3. The van der Waals surface area contributed by atoms with E-state index in [2.05, 4.69) is 25.6 Å². The van der Waals surface area contributed by atoms with Gasteiger partial charge in [0.25, 0.3) is 0 Å². The number of carbonyl (C=O) groups is 1. The van der Waals surface area contributed by atoms with Gasteiger partial charge >= 0.3 is 0 Å². The molecule has 0 aliphatic carbocycles. The third kappa shape index (κ3) is 5.19. The van der Waals surface area contributed by atoms with Crippen LogP contribution in [0, 0.1) is 0 Å². The van der Waals surface area contributed by atoms with Crippen LogP contribution in [0.15, 0.2) is 64.6 Å². The fourth-order valence-electron chi connectivity index (χ4n) is 2.53. The summed E-state index contributed by atoms with van der Waals surface area (Å²) < 4.78 is 28.0. The molecule has 1 amide bonds. The summed E-state index contributed by atoms with van der Waals surface area (Å²) in [7, 11) is -1.85. The highest BCUT2D eigenvalue weighted by molar-refractivity contribution is 8.00. The number of anilines is 1. The van der Waals surface area contributed by atoms with Crippen molar-refractivity contribution in [3.63, 3.8) is 0 Å². The van der Waals surface area contributed by atoms with Crippen LogP contribution in [0.3, 0.4) is 0 Å². The lowest BCUT2D eigenvalue weighted by Crippen LogP contribution is -2.23. The van der Waals surface area contributed by atoms with Crippen molar-refractivity contribution in [1.82, 2.24) is 24.9 Å². The Labute approximate surface area is 172 Å². The van der Waals surface area contributed by atoms with Crippen molar-refractivity contribution in [3.8, 4) is 0 Å². The summed E-state index contributed by atoms with van der Waals surface area (Å²) >= 11 is 1.23. The first-order chi connectivity index (χ1) is 13.9. The summed E-state index contributed by atoms with van der Waals surface area (Å²) in [5.74, 6) is -0.272. The number of thioether (sulfide) groups is 1. The van der Waals surface area contributed by atoms with Crippen LogP contribution in [0.5, 0.6) is 0 Å². The Bertz CT molecular complexity index is 1070. The summed E-state index contributed by atoms with van der Waals surface area (Å²) in [6.45, 7) is 2.01. The Balaban J connectivity index is 1.80. The summed E-state index contributed by atoms with van der Waals surface area (Å²) in [6.07, 6.45) is 0. The van der Waals surface area contributed by atoms with Crippen molar-refractivity contribution in [2.45, 2.75) is 22.2 Å². The molecule has 0 unspecified atom stereocenters. The number of nitrogens with zero attached hydrogens (tertiary/aromatic N) is 4. The van der Waals surface area contributed by atoms with Gasteiger partial charge in [0, 0.05) is 19.3 Å². The van der Waals surface area contributed by atoms with E-state index in [4.69, 9.17) is 0 Å². The Kier molecular flexibility index (Phi) is 6.62. The highest BCUT2D eigenvalue weighted by Gasteiger charge is 2.24. The number of rotatable bonds is 8. The van der Waals surface area contributed by atoms with Gasteiger partial charge in [-0.05, 0) is 40.3 Å². The zero-order valence-electron chi connectivity index (χ0n) is 15.8. The van der Waals surface area contributed by atoms with Crippen LogP contribution < -0.4 is 10.0 Å². The number of tetrazole rings is 1. The Morgan fingerprint density at radius 2 is 1.83 bits per heavy atom. The first kappa shape index (κ1) is 21.0. The van der Waals surface area contributed by atoms with E-state index in [0.717, 1.165) is 5.56 Å². The topological polar surface area (TPSA) is 119 Å². The minimum atomic E-state index is -3.55. The van der Waals surface area contributed by atoms with Crippen LogP contribution in [0.2, 0.25) is 0 Å². The second kappa shape index (κ2) is 9.16. The molecule has 29 heavy (non-hydrogen) atoms. The normalized spacial score (nSPS) is 12.5. The van der Waals surface area contributed by atoms with Crippen LogP contribution in [0.4, 0.5) is 5.69 Å². The molecule has 11 heteroatoms. The standard InChI is InChI=1S/C18H20N6O3S2/c1-3-19-29(26,27)15-11-9-14(10-12-15)20-17(25)16(13-7-5-4-6-8-13)28-18-21-22-23-24(18)2/h4-12,16,19H,3H2,1-2H3,(H,20,25)/t16-/m0/s1. The number of carbonyl (C=O) groups excluding carboxylic acids is 1. The zero-order valence-corrected chi connectivity index (χ0v) is 17.4. The summed E-state index contributed by atoms with van der Waals surface area (Å²) in [5.41, 5.74) is 1.28. The molecule has 0 saturated heterocycles. The number of benzene rings is 2. The van der Waals surface area contributed by atoms with Crippen molar-refractivity contribution in [2.75, 3.05) is 11.9 Å². The number of hydrogen-bond donors (Lipinski definition) is 2. The molecule has 0 aliphatic rings. The van der Waals surface area contributed by atoms with Gasteiger partial charge in [0.1, 0.15) is 5.25 Å². The Hall–Kier alpha value is -2.76. The maximum atomic E-state index is 13.0. The molecule has 3 aromatic rings. The van der Waals surface area contributed by atoms with Crippen molar-refractivity contribution >= 4 is 33.4 Å². The lowest BCUT2D eigenvalue weighted by atomic mass is 10.1. The molecule has 1 heterocycles. The second-order valence-corrected chi connectivity index (χ2v) is 8.85. The molecule has 3 rings (SSSR count). The minimum absolute atomic E-state index is 0.136. The molecule has 0 aliphatic heterocycles. The fraction of sp³-hybridized carbons (Fsp3) is 0.222. The van der Waals surface area contributed by atoms with Crippen LogP contribution in [0.25, 0.3) is 0 Å². The maximum absolute atomic E-state index is 13.0. The maximum Gasteiger partial charge on any atom is 0.242 e. The van der Waals surface area contributed by atoms with Gasteiger partial charge in [-0.25, -0.2) is 17.8 Å². The van der Waals surface area contributed by atoms with Crippen molar-refractivity contribution in [2.24, 2.45) is 7.05 Å². The third-order valence-electron chi connectivity index (χ3n) is 3.91. The van der Waals surface area contributed by atoms with Crippen LogP contribution in [-0.2, 0) is 21.9 Å². The smallest absolute Gasteiger partial charge is 0.242 e. The van der Waals surface area contributed by atoms with Gasteiger partial charge in [-0.1, -0.05) is 49.0 Å². The molecule has 0 bridgehead atoms. The summed E-state index contributed by atoms with van der Waals surface area (Å²) in [4.78, 5) is 13.1. The van der Waals surface area contributed by atoms with E-state index in [0.29, 0.717) is 17.4 Å². The Morgan fingerprint density at radius 1 is 1.14 bits per heavy atom. The monoisotopic (exact) mass is 432 g/mol. The predicted molar refractivity (Wildman–Crippen MR) is 110 cm³/mol. The molecule has 1 atom stereocenters. The molecule has 152 valence electrons. The van der Waals surface area contributed by atoms with Crippen molar-refractivity contribution < 1.29 is 13.2 Å². The Morgan fingerprint density at radius 3 is 2.41 bits per heavy atom. The molecule has 0 radical (unpaired) electrons. The molecule has 0 spiro atoms. The quantitative estimate of drug-likeness (QED) is 0.522. The van der Waals surface area contributed by atoms with E-state index in [1.807, 2.05) is 30.3 Å². The van der Waals surface area contributed by atoms with E-state index < -0.39 is 15.3 Å². The predicted octanol–water partition coefficient (Wildman–Crippen LogP) is 1.98. The number of amides is 1. The average molecular weight is 433 g/mol. The molecule has 0 saturated carbocycles. The third-order valence-corrected chi connectivity index (χ3v) is 6.75. The lowest BCUT2D eigenvalue weighted by Gasteiger charge is -2.16. The van der Waals surface area contributed by atoms with Gasteiger partial charge in [0.2, 0.25) is 21.1 Å². The van der Waals surface area contributed by atoms with Gasteiger partial charge in [0.15, 0.2) is 0 Å².